The molecule has 12 heteroatoms. The largest absolute Gasteiger partial charge is 0.507 e. The van der Waals surface area contributed by atoms with E-state index >= 15 is 0 Å². The minimum Gasteiger partial charge on any atom is -0.507 e. The second kappa shape index (κ2) is 8.04. The third-order valence-corrected chi connectivity index (χ3v) is 7.46. The second-order valence-electron chi connectivity index (χ2n) is 9.32. The van der Waals surface area contributed by atoms with Gasteiger partial charge in [-0.25, -0.2) is 0 Å². The molecule has 0 aliphatic heterocycles. The van der Waals surface area contributed by atoms with Crippen molar-refractivity contribution < 1.29 is 48.8 Å². The Kier molecular flexibility index (Phi) is 5.66. The van der Waals surface area contributed by atoms with E-state index in [9.17, 15) is 44.1 Å². The van der Waals surface area contributed by atoms with E-state index in [1.165, 1.54) is 31.1 Å². The first kappa shape index (κ1) is 24.6. The fourth-order valence-electron chi connectivity index (χ4n) is 6.05. The van der Waals surface area contributed by atoms with E-state index in [-0.39, 0.29) is 11.1 Å². The maximum atomic E-state index is 13.8. The van der Waals surface area contributed by atoms with Crippen molar-refractivity contribution in [1.82, 2.24) is 4.90 Å². The summed E-state index contributed by atoms with van der Waals surface area (Å²) in [5.74, 6) is -16.8. The van der Waals surface area contributed by atoms with Gasteiger partial charge >= 0.3 is 5.97 Å². The highest BCUT2D eigenvalue weighted by Crippen LogP contribution is 2.54. The van der Waals surface area contributed by atoms with Crippen LogP contribution in [0, 0.1) is 23.7 Å². The Morgan fingerprint density at radius 2 is 1.74 bits per heavy atom. The predicted molar refractivity (Wildman–Crippen MR) is 114 cm³/mol. The number of methoxy groups -OCH3 is 1. The van der Waals surface area contributed by atoms with Gasteiger partial charge in [0.25, 0.3) is 0 Å². The molecule has 4 rings (SSSR count). The van der Waals surface area contributed by atoms with Crippen LogP contribution < -0.4 is 5.73 Å². The van der Waals surface area contributed by atoms with Crippen molar-refractivity contribution in [1.29, 1.82) is 0 Å². The number of nitrogens with two attached hydrogens (primary N) is 1. The molecule has 0 bridgehead atoms. The normalized spacial score (nSPS) is 36.3. The Morgan fingerprint density at radius 1 is 1.11 bits per heavy atom. The highest BCUT2D eigenvalue weighted by Gasteiger charge is 2.73. The molecule has 0 heterocycles. The van der Waals surface area contributed by atoms with Gasteiger partial charge in [-0.05, 0) is 25.7 Å². The van der Waals surface area contributed by atoms with Crippen molar-refractivity contribution in [2.75, 3.05) is 21.2 Å². The summed E-state index contributed by atoms with van der Waals surface area (Å²) in [6, 6.07) is 2.34. The van der Waals surface area contributed by atoms with Crippen LogP contribution in [-0.4, -0.2) is 94.2 Å². The molecule has 35 heavy (non-hydrogen) atoms. The number of aromatic hydroxyl groups is 1. The van der Waals surface area contributed by atoms with Crippen molar-refractivity contribution in [3.8, 4) is 5.75 Å². The van der Waals surface area contributed by atoms with Crippen molar-refractivity contribution in [2.24, 2.45) is 29.4 Å². The summed E-state index contributed by atoms with van der Waals surface area (Å²) in [6.45, 7) is 0. The lowest BCUT2D eigenvalue weighted by molar-refractivity contribution is -0.197. The van der Waals surface area contributed by atoms with Crippen LogP contribution in [-0.2, 0) is 28.7 Å². The van der Waals surface area contributed by atoms with Gasteiger partial charge in [-0.1, -0.05) is 12.1 Å². The van der Waals surface area contributed by atoms with Crippen LogP contribution in [0.3, 0.4) is 0 Å². The Balaban J connectivity index is 2.02. The number of aliphatic hydroxyl groups is 2. The molecule has 8 atom stereocenters. The maximum Gasteiger partial charge on any atom is 0.313 e. The number of hydrogen-bond acceptors (Lipinski definition) is 11. The molecular weight excluding hydrogens is 464 g/mol. The summed E-state index contributed by atoms with van der Waals surface area (Å²) < 4.78 is 4.86. The molecular formula is C23H24N2O10. The number of amides is 1. The molecule has 3 aliphatic carbocycles. The van der Waals surface area contributed by atoms with Gasteiger partial charge in [0.2, 0.25) is 5.91 Å². The number of aliphatic hydroxyl groups excluding tert-OH is 1. The van der Waals surface area contributed by atoms with E-state index < -0.39 is 88.1 Å². The lowest BCUT2D eigenvalue weighted by Gasteiger charge is -2.55. The highest BCUT2D eigenvalue weighted by molar-refractivity contribution is 6.32. The van der Waals surface area contributed by atoms with E-state index in [2.05, 4.69) is 0 Å². The molecule has 2 unspecified atom stereocenters. The summed E-state index contributed by atoms with van der Waals surface area (Å²) in [5, 5.41) is 33.4. The molecule has 186 valence electrons. The third kappa shape index (κ3) is 3.03. The minimum absolute atomic E-state index is 0.00901. The zero-order valence-corrected chi connectivity index (χ0v) is 19.0. The Labute approximate surface area is 198 Å². The molecule has 5 N–H and O–H groups in total. The maximum absolute atomic E-state index is 13.8. The van der Waals surface area contributed by atoms with Crippen LogP contribution in [0.1, 0.15) is 21.8 Å². The van der Waals surface area contributed by atoms with Crippen molar-refractivity contribution >= 4 is 35.0 Å². The lowest BCUT2D eigenvalue weighted by atomic mass is 9.49. The van der Waals surface area contributed by atoms with Gasteiger partial charge in [0.15, 0.2) is 34.7 Å². The first-order valence-electron chi connectivity index (χ1n) is 10.7. The number of fused-ring (bicyclic) bond motifs is 3. The summed E-state index contributed by atoms with van der Waals surface area (Å²) >= 11 is 0. The molecule has 2 fully saturated rings. The number of carbonyl (C=O) groups is 6. The zero-order valence-electron chi connectivity index (χ0n) is 19.0. The quantitative estimate of drug-likeness (QED) is 0.260. The molecule has 1 aromatic rings. The van der Waals surface area contributed by atoms with Crippen LogP contribution in [0.25, 0.3) is 0 Å². The van der Waals surface area contributed by atoms with E-state index in [1.807, 2.05) is 0 Å². The molecule has 2 saturated carbocycles. The first-order valence-corrected chi connectivity index (χ1v) is 10.7. The number of carbonyl (C=O) groups excluding carboxylic acids is 6. The van der Waals surface area contributed by atoms with E-state index in [0.29, 0.717) is 0 Å². The van der Waals surface area contributed by atoms with Gasteiger partial charge in [0, 0.05) is 5.92 Å². The summed E-state index contributed by atoms with van der Waals surface area (Å²) in [5.41, 5.74) is 1.71. The number of benzene rings is 1. The lowest BCUT2D eigenvalue weighted by Crippen LogP contribution is -2.78. The van der Waals surface area contributed by atoms with Crippen molar-refractivity contribution in [3.05, 3.63) is 29.3 Å². The molecule has 0 radical (unpaired) electrons. The standard InChI is InChI=1S/C23H24N2O10/c1-25(2)15-14-17(28)11-10(22(33)35-3)7-5-4-6-8(26)9(7)16(27)12(11)19(30)23(14,34)20(31)13(18(15)29)21(24)32/h4-6,10-15,17,26,28,34H,1-3H3,(H2,24,32)/t10-,11-,12?,13?,14-,15+,17+,23+/m1/s1. The molecule has 12 nitrogen and oxygen atoms in total. The smallest absolute Gasteiger partial charge is 0.313 e. The van der Waals surface area contributed by atoms with Crippen LogP contribution in [0.5, 0.6) is 5.75 Å². The van der Waals surface area contributed by atoms with Crippen LogP contribution in [0.2, 0.25) is 0 Å². The van der Waals surface area contributed by atoms with Gasteiger partial charge in [-0.15, -0.1) is 0 Å². The van der Waals surface area contributed by atoms with E-state index in [4.69, 9.17) is 10.5 Å². The molecule has 0 aromatic heterocycles. The molecule has 1 aromatic carbocycles. The van der Waals surface area contributed by atoms with E-state index in [1.54, 1.807) is 0 Å². The summed E-state index contributed by atoms with van der Waals surface area (Å²) in [6.07, 6.45) is -1.93. The fraction of sp³-hybridized carbons (Fsp3) is 0.478. The van der Waals surface area contributed by atoms with Crippen LogP contribution >= 0.6 is 0 Å². The number of phenols is 1. The summed E-state index contributed by atoms with van der Waals surface area (Å²) in [7, 11) is 3.80. The average molecular weight is 488 g/mol. The number of Topliss-reactive ketones (excluding diaryl/α,β-unsaturated/α-hetero) is 4. The number of ether oxygens (including phenoxy) is 1. The molecule has 0 spiro atoms. The van der Waals surface area contributed by atoms with Gasteiger partial charge in [-0.2, -0.15) is 0 Å². The average Bonchev–Trinajstić information content (AvgIpc) is 2.78. The Bertz CT molecular complexity index is 1190. The minimum atomic E-state index is -3.14. The topological polar surface area (TPSA) is 202 Å². The highest BCUT2D eigenvalue weighted by atomic mass is 16.5. The van der Waals surface area contributed by atoms with Gasteiger partial charge in [0.05, 0.1) is 42.6 Å². The number of phenolic OH excluding ortho intramolecular Hbond substituents is 1. The number of hydrogen-bond donors (Lipinski definition) is 4. The number of likely N-dealkylation sites (N-methyl/N-ethyl adjacent to an activating group) is 1. The Hall–Kier alpha value is -3.48. The summed E-state index contributed by atoms with van der Waals surface area (Å²) in [4.78, 5) is 79.7. The van der Waals surface area contributed by atoms with Gasteiger partial charge in [0.1, 0.15) is 5.75 Å². The number of nitrogens with zero attached hydrogens (tertiary/aromatic N) is 1. The molecule has 3 aliphatic rings. The second-order valence-corrected chi connectivity index (χ2v) is 9.32. The Morgan fingerprint density at radius 3 is 2.29 bits per heavy atom. The van der Waals surface area contributed by atoms with Crippen molar-refractivity contribution in [2.45, 2.75) is 23.7 Å². The van der Waals surface area contributed by atoms with Crippen LogP contribution in [0.4, 0.5) is 0 Å². The number of primary amides is 1. The van der Waals surface area contributed by atoms with Gasteiger partial charge in [-0.3, -0.25) is 33.7 Å². The first-order chi connectivity index (χ1) is 16.3. The van der Waals surface area contributed by atoms with Gasteiger partial charge < -0.3 is 25.8 Å². The SMILES string of the molecule is COC(=O)[C@@H]1c2cccc(O)c2C(=O)C2C(=O)[C@]3(O)C(=O)C(C(N)=O)C(=O)[C@@H](N(C)C)[C@@H]3[C@@H](O)[C@@H]21. The number of esters is 1. The van der Waals surface area contributed by atoms with E-state index in [0.717, 1.165) is 13.2 Å². The monoisotopic (exact) mass is 488 g/mol. The third-order valence-electron chi connectivity index (χ3n) is 7.46. The predicted octanol–water partition coefficient (Wildman–Crippen LogP) is -2.45. The molecule has 1 amide bonds. The van der Waals surface area contributed by atoms with Crippen molar-refractivity contribution in [3.63, 3.8) is 0 Å². The number of ketones is 4. The fourth-order valence-corrected chi connectivity index (χ4v) is 6.05. The molecule has 0 saturated heterocycles. The van der Waals surface area contributed by atoms with Crippen LogP contribution in [0.15, 0.2) is 18.2 Å². The zero-order chi connectivity index (χ0) is 26.1. The number of rotatable bonds is 3.